The van der Waals surface area contributed by atoms with E-state index in [1.807, 2.05) is 48.5 Å². The Bertz CT molecular complexity index is 743. The van der Waals surface area contributed by atoms with Gasteiger partial charge in [0.2, 0.25) is 0 Å². The number of nitrogens with one attached hydrogen (secondary N) is 1. The number of aromatic nitrogens is 1. The van der Waals surface area contributed by atoms with Crippen molar-refractivity contribution in [2.75, 3.05) is 0 Å². The second-order valence-electron chi connectivity index (χ2n) is 5.97. The van der Waals surface area contributed by atoms with Crippen LogP contribution in [0.2, 0.25) is 0 Å². The quantitative estimate of drug-likeness (QED) is 0.110. The molecular weight excluding hydrogens is 422 g/mol. The van der Waals surface area contributed by atoms with Crippen LogP contribution in [-0.2, 0) is 29.7 Å². The van der Waals surface area contributed by atoms with Crippen LogP contribution in [0.1, 0.15) is 43.4 Å². The van der Waals surface area contributed by atoms with Crippen molar-refractivity contribution in [2.24, 2.45) is 10.1 Å². The first-order valence-corrected chi connectivity index (χ1v) is 9.19. The number of hydrogen-bond acceptors (Lipinski definition) is 4. The zero-order valence-electron chi connectivity index (χ0n) is 15.2. The first-order chi connectivity index (χ1) is 13.2. The molecule has 0 aliphatic heterocycles. The van der Waals surface area contributed by atoms with E-state index in [4.69, 9.17) is 23.7 Å². The predicted molar refractivity (Wildman–Crippen MR) is 111 cm³/mol. The van der Waals surface area contributed by atoms with Crippen molar-refractivity contribution in [2.45, 2.75) is 38.1 Å². The molecule has 149 valence electrons. The molecule has 0 saturated heterocycles. The Kier molecular flexibility index (Phi) is 11.5. The predicted octanol–water partition coefficient (Wildman–Crippen LogP) is 4.52. The zero-order valence-corrected chi connectivity index (χ0v) is 17.0. The minimum Gasteiger partial charge on any atom is -0.741 e. The van der Waals surface area contributed by atoms with Crippen LogP contribution in [0, 0.1) is 0 Å². The third kappa shape index (κ3) is 8.06. The molecule has 1 aromatic carbocycles. The molecular formula is C19H21CuN7S. The fourth-order valence-corrected chi connectivity index (χ4v) is 3.07. The Morgan fingerprint density at radius 3 is 2.29 bits per heavy atom. The van der Waals surface area contributed by atoms with E-state index < -0.39 is 0 Å². The summed E-state index contributed by atoms with van der Waals surface area (Å²) in [6.07, 6.45) is 7.79. The molecule has 0 atom stereocenters. The van der Waals surface area contributed by atoms with Crippen molar-refractivity contribution < 1.29 is 17.1 Å². The number of aliphatic imine (C=N–C) groups is 1. The Balaban J connectivity index is 0.000000921. The fourth-order valence-electron chi connectivity index (χ4n) is 2.88. The molecule has 0 bridgehead atoms. The number of benzene rings is 1. The summed E-state index contributed by atoms with van der Waals surface area (Å²) >= 11 is 5.35. The first kappa shape index (κ1) is 23.6. The molecule has 1 saturated carbocycles. The summed E-state index contributed by atoms with van der Waals surface area (Å²) in [7, 11) is 0. The van der Waals surface area contributed by atoms with Crippen molar-refractivity contribution in [1.29, 1.82) is 0 Å². The zero-order chi connectivity index (χ0) is 19.3. The Morgan fingerprint density at radius 2 is 1.68 bits per heavy atom. The Hall–Kier alpha value is -2.44. The molecule has 2 aromatic rings. The Labute approximate surface area is 181 Å². The van der Waals surface area contributed by atoms with E-state index in [2.05, 4.69) is 20.5 Å². The SMILES string of the molecule is [Cu+2].[N-]=[N+]=[N-].[S-]C(=NC1CCCCC1)N/N=C(/c1ccccc1)c1ccccn1. The van der Waals surface area contributed by atoms with Crippen molar-refractivity contribution in [3.8, 4) is 0 Å². The second-order valence-corrected chi connectivity index (χ2v) is 6.36. The van der Waals surface area contributed by atoms with E-state index in [1.165, 1.54) is 24.2 Å². The van der Waals surface area contributed by atoms with Gasteiger partial charge >= 0.3 is 17.1 Å². The van der Waals surface area contributed by atoms with Crippen molar-refractivity contribution >= 4 is 23.5 Å². The molecule has 1 heterocycles. The van der Waals surface area contributed by atoms with Gasteiger partial charge in [0.1, 0.15) is 5.71 Å². The summed E-state index contributed by atoms with van der Waals surface area (Å²) < 4.78 is 0. The first-order valence-electron chi connectivity index (χ1n) is 8.78. The van der Waals surface area contributed by atoms with Crippen LogP contribution in [0.4, 0.5) is 0 Å². The van der Waals surface area contributed by atoms with Gasteiger partial charge in [0, 0.05) is 17.8 Å². The van der Waals surface area contributed by atoms with Gasteiger partial charge in [-0.15, -0.1) is 0 Å². The van der Waals surface area contributed by atoms with E-state index in [-0.39, 0.29) is 17.1 Å². The number of pyridine rings is 1. The monoisotopic (exact) mass is 442 g/mol. The van der Waals surface area contributed by atoms with Crippen LogP contribution in [0.15, 0.2) is 64.8 Å². The summed E-state index contributed by atoms with van der Waals surface area (Å²) in [5.41, 5.74) is 19.0. The van der Waals surface area contributed by atoms with E-state index in [0.717, 1.165) is 29.8 Å². The summed E-state index contributed by atoms with van der Waals surface area (Å²) in [6, 6.07) is 16.1. The molecule has 1 aliphatic rings. The fraction of sp³-hybridized carbons (Fsp3) is 0.316. The van der Waals surface area contributed by atoms with Crippen molar-refractivity contribution in [1.82, 2.24) is 10.4 Å². The normalized spacial score (nSPS) is 14.7. The Morgan fingerprint density at radius 1 is 1.04 bits per heavy atom. The second kappa shape index (κ2) is 13.7. The number of rotatable bonds is 4. The average molecular weight is 443 g/mol. The van der Waals surface area contributed by atoms with Crippen LogP contribution in [-0.4, -0.2) is 21.9 Å². The molecule has 7 nitrogen and oxygen atoms in total. The topological polar surface area (TPSA) is 108 Å². The third-order valence-corrected chi connectivity index (χ3v) is 4.29. The average Bonchev–Trinajstić information content (AvgIpc) is 2.71. The summed E-state index contributed by atoms with van der Waals surface area (Å²) in [5.74, 6) is 0. The molecule has 0 unspecified atom stereocenters. The van der Waals surface area contributed by atoms with Gasteiger partial charge in [0.25, 0.3) is 0 Å². The van der Waals surface area contributed by atoms with Gasteiger partial charge in [-0.1, -0.05) is 55.7 Å². The maximum absolute atomic E-state index is 6.75. The van der Waals surface area contributed by atoms with E-state index in [1.54, 1.807) is 6.20 Å². The summed E-state index contributed by atoms with van der Waals surface area (Å²) in [6.45, 7) is 0. The molecule has 28 heavy (non-hydrogen) atoms. The van der Waals surface area contributed by atoms with Gasteiger partial charge in [-0.3, -0.25) is 20.3 Å². The molecule has 0 amide bonds. The van der Waals surface area contributed by atoms with E-state index in [0.29, 0.717) is 11.2 Å². The molecule has 1 N–H and O–H groups in total. The van der Waals surface area contributed by atoms with Crippen LogP contribution in [0.3, 0.4) is 0 Å². The van der Waals surface area contributed by atoms with Crippen LogP contribution < -0.4 is 5.43 Å². The van der Waals surface area contributed by atoms with Crippen molar-refractivity contribution in [3.63, 3.8) is 0 Å². The number of hydrogen-bond donors (Lipinski definition) is 1. The smallest absolute Gasteiger partial charge is 0.741 e. The van der Waals surface area contributed by atoms with Gasteiger partial charge in [0.15, 0.2) is 0 Å². The number of nitrogens with zero attached hydrogens (tertiary/aromatic N) is 6. The van der Waals surface area contributed by atoms with Gasteiger partial charge in [-0.25, -0.2) is 0 Å². The van der Waals surface area contributed by atoms with Gasteiger partial charge < -0.3 is 23.7 Å². The standard InChI is InChI=1S/C19H22N4S.Cu.N3/c24-19(21-16-11-5-2-6-12-16)23-22-18(15-9-3-1-4-10-15)17-13-7-8-14-20-17;;1-3-2/h1,3-4,7-10,13-14,16H,2,5-6,11-12H2,(H2,21,23,24);;/q;+2;-1/p-1/b22-18-;;. The van der Waals surface area contributed by atoms with Gasteiger partial charge in [0.05, 0.1) is 5.69 Å². The van der Waals surface area contributed by atoms with Crippen LogP contribution in [0.25, 0.3) is 16.0 Å². The maximum Gasteiger partial charge on any atom is 2.00 e. The van der Waals surface area contributed by atoms with E-state index in [9.17, 15) is 0 Å². The molecule has 0 spiro atoms. The molecule has 1 radical (unpaired) electrons. The molecule has 1 fully saturated rings. The van der Waals surface area contributed by atoms with Gasteiger partial charge in [-0.05, 0) is 30.1 Å². The van der Waals surface area contributed by atoms with Crippen molar-refractivity contribution in [3.05, 3.63) is 82.0 Å². The minimum absolute atomic E-state index is 0. The number of amidine groups is 1. The van der Waals surface area contributed by atoms with Crippen LogP contribution >= 0.6 is 0 Å². The molecule has 3 rings (SSSR count). The largest absolute Gasteiger partial charge is 2.00 e. The molecule has 9 heteroatoms. The maximum atomic E-state index is 6.75. The summed E-state index contributed by atoms with van der Waals surface area (Å²) in [5, 5.41) is 4.95. The molecule has 1 aromatic heterocycles. The minimum atomic E-state index is 0. The van der Waals surface area contributed by atoms with Crippen LogP contribution in [0.5, 0.6) is 0 Å². The molecule has 1 aliphatic carbocycles. The van der Waals surface area contributed by atoms with Gasteiger partial charge in [-0.2, -0.15) is 5.10 Å². The van der Waals surface area contributed by atoms with E-state index >= 15 is 0 Å². The third-order valence-electron chi connectivity index (χ3n) is 4.09. The summed E-state index contributed by atoms with van der Waals surface area (Å²) in [4.78, 5) is 10.5. The number of hydrazone groups is 1.